The van der Waals surface area contributed by atoms with Gasteiger partial charge in [-0.2, -0.15) is 0 Å². The van der Waals surface area contributed by atoms with Gasteiger partial charge in [0.15, 0.2) is 0 Å². The van der Waals surface area contributed by atoms with Gasteiger partial charge in [0, 0.05) is 29.8 Å². The van der Waals surface area contributed by atoms with Gasteiger partial charge >= 0.3 is 0 Å². The van der Waals surface area contributed by atoms with E-state index in [0.717, 1.165) is 33.3 Å². The van der Waals surface area contributed by atoms with Crippen LogP contribution in [0, 0.1) is 0 Å². The molecule has 0 aliphatic carbocycles. The van der Waals surface area contributed by atoms with E-state index >= 15 is 0 Å². The first-order chi connectivity index (χ1) is 12.7. The fourth-order valence-electron chi connectivity index (χ4n) is 2.79. The van der Waals surface area contributed by atoms with Crippen LogP contribution in [0.2, 0.25) is 0 Å². The first-order valence-corrected chi connectivity index (χ1v) is 10.2. The molecule has 26 heavy (non-hydrogen) atoms. The van der Waals surface area contributed by atoms with E-state index in [1.54, 1.807) is 24.0 Å². The van der Waals surface area contributed by atoms with Gasteiger partial charge in [0.05, 0.1) is 18.4 Å². The molecule has 1 atom stereocenters. The number of benzene rings is 1. The molecule has 3 aromatic rings. The number of rotatable bonds is 5. The molecule has 1 aliphatic heterocycles. The van der Waals surface area contributed by atoms with E-state index in [4.69, 9.17) is 4.74 Å². The fraction of sp³-hybridized carbons (Fsp3) is 0.222. The van der Waals surface area contributed by atoms with E-state index < -0.39 is 0 Å². The van der Waals surface area contributed by atoms with E-state index in [2.05, 4.69) is 26.3 Å². The number of ether oxygens (including phenoxy) is 1. The summed E-state index contributed by atoms with van der Waals surface area (Å²) in [5, 5.41) is 4.68. The Hall–Kier alpha value is -2.45. The molecule has 6 nitrogen and oxygen atoms in total. The summed E-state index contributed by atoms with van der Waals surface area (Å²) in [5.74, 6) is 0.691. The third kappa shape index (κ3) is 3.56. The maximum atomic E-state index is 12.2. The molecule has 0 saturated carbocycles. The Kier molecular flexibility index (Phi) is 4.85. The number of amides is 1. The van der Waals surface area contributed by atoms with Crippen molar-refractivity contribution in [1.82, 2.24) is 20.3 Å². The Bertz CT molecular complexity index is 930. The number of hydrogen-bond donors (Lipinski definition) is 1. The van der Waals surface area contributed by atoms with Gasteiger partial charge in [0.25, 0.3) is 5.91 Å². The van der Waals surface area contributed by atoms with Crippen molar-refractivity contribution in [1.29, 1.82) is 0 Å². The third-order valence-electron chi connectivity index (χ3n) is 4.04. The molecule has 0 radical (unpaired) electrons. The minimum atomic E-state index is -0.165. The highest BCUT2D eigenvalue weighted by atomic mass is 32.2. The Morgan fingerprint density at radius 2 is 2.35 bits per heavy atom. The molecule has 3 heterocycles. The Balaban J connectivity index is 1.38. The van der Waals surface area contributed by atoms with Crippen molar-refractivity contribution in [3.63, 3.8) is 0 Å². The molecular formula is C18H16N4O2S2. The molecule has 0 spiro atoms. The van der Waals surface area contributed by atoms with Crippen molar-refractivity contribution in [3.8, 4) is 17.0 Å². The summed E-state index contributed by atoms with van der Waals surface area (Å²) in [6.45, 7) is 0.445. The van der Waals surface area contributed by atoms with Crippen LogP contribution in [0.15, 0.2) is 46.5 Å². The number of carbonyl (C=O) groups excluding carboxylic acids is 1. The predicted octanol–water partition coefficient (Wildman–Crippen LogP) is 3.06. The topological polar surface area (TPSA) is 77.0 Å². The van der Waals surface area contributed by atoms with Crippen molar-refractivity contribution < 1.29 is 9.53 Å². The van der Waals surface area contributed by atoms with E-state index in [-0.39, 0.29) is 12.0 Å². The number of thiazole rings is 1. The molecule has 1 aromatic carbocycles. The minimum absolute atomic E-state index is 0.0790. The highest BCUT2D eigenvalue weighted by molar-refractivity contribution is 8.00. The Labute approximate surface area is 159 Å². The van der Waals surface area contributed by atoms with Crippen LogP contribution in [0.3, 0.4) is 0 Å². The summed E-state index contributed by atoms with van der Waals surface area (Å²) in [4.78, 5) is 24.9. The van der Waals surface area contributed by atoms with E-state index in [9.17, 15) is 4.79 Å². The zero-order valence-electron chi connectivity index (χ0n) is 14.0. The number of nitrogens with one attached hydrogen (secondary N) is 1. The van der Waals surface area contributed by atoms with Crippen LogP contribution in [-0.4, -0.2) is 39.8 Å². The molecule has 4 rings (SSSR count). The van der Waals surface area contributed by atoms with E-state index in [1.807, 2.05) is 18.4 Å². The van der Waals surface area contributed by atoms with Gasteiger partial charge in [-0.1, -0.05) is 11.8 Å². The first-order valence-electron chi connectivity index (χ1n) is 8.06. The van der Waals surface area contributed by atoms with Crippen LogP contribution in [0.1, 0.15) is 16.1 Å². The quantitative estimate of drug-likeness (QED) is 0.682. The van der Waals surface area contributed by atoms with Crippen LogP contribution in [0.25, 0.3) is 11.3 Å². The van der Waals surface area contributed by atoms with Gasteiger partial charge in [-0.15, -0.1) is 11.3 Å². The average molecular weight is 384 g/mol. The highest BCUT2D eigenvalue weighted by Gasteiger charge is 2.24. The van der Waals surface area contributed by atoms with E-state index in [0.29, 0.717) is 12.2 Å². The summed E-state index contributed by atoms with van der Waals surface area (Å²) < 4.78 is 6.82. The zero-order valence-corrected chi connectivity index (χ0v) is 15.6. The molecule has 0 saturated heterocycles. The van der Waals surface area contributed by atoms with Gasteiger partial charge in [-0.05, 0) is 30.0 Å². The highest BCUT2D eigenvalue weighted by Crippen LogP contribution is 2.32. The lowest BCUT2D eigenvalue weighted by Crippen LogP contribution is -2.34. The lowest BCUT2D eigenvalue weighted by molar-refractivity contribution is 0.0929. The number of thioether (sulfide) groups is 1. The van der Waals surface area contributed by atoms with Crippen molar-refractivity contribution in [2.24, 2.45) is 0 Å². The predicted molar refractivity (Wildman–Crippen MR) is 102 cm³/mol. The van der Waals surface area contributed by atoms with Crippen LogP contribution >= 0.6 is 23.1 Å². The number of aromatic nitrogens is 3. The van der Waals surface area contributed by atoms with Crippen molar-refractivity contribution in [2.45, 2.75) is 16.9 Å². The van der Waals surface area contributed by atoms with Crippen molar-refractivity contribution in [2.75, 3.05) is 12.8 Å². The number of nitrogens with zero attached hydrogens (tertiary/aromatic N) is 3. The smallest absolute Gasteiger partial charge is 0.270 e. The van der Waals surface area contributed by atoms with Crippen molar-refractivity contribution in [3.05, 3.63) is 53.4 Å². The molecule has 1 amide bonds. The van der Waals surface area contributed by atoms with Crippen LogP contribution in [-0.2, 0) is 6.42 Å². The Morgan fingerprint density at radius 1 is 1.42 bits per heavy atom. The maximum absolute atomic E-state index is 12.2. The molecule has 2 aromatic heterocycles. The second kappa shape index (κ2) is 7.43. The minimum Gasteiger partial charge on any atom is -0.488 e. The standard InChI is InChI=1S/C18H16N4O2S2/c1-25-18-22-15(10-26-18)17(23)21-8-13-7-12-6-11(2-3-16(12)24-13)14-9-19-4-5-20-14/h2-6,9-10,13H,7-8H2,1H3,(H,21,23)/t13-/m0/s1. The number of hydrogen-bond acceptors (Lipinski definition) is 7. The van der Waals surface area contributed by atoms with Crippen LogP contribution in [0.4, 0.5) is 0 Å². The van der Waals surface area contributed by atoms with Gasteiger partial charge < -0.3 is 10.1 Å². The van der Waals surface area contributed by atoms with Gasteiger partial charge in [0.1, 0.15) is 21.9 Å². The number of carbonyl (C=O) groups is 1. The largest absolute Gasteiger partial charge is 0.488 e. The maximum Gasteiger partial charge on any atom is 0.270 e. The normalized spacial score (nSPS) is 15.3. The van der Waals surface area contributed by atoms with Gasteiger partial charge in [-0.3, -0.25) is 14.8 Å². The summed E-state index contributed by atoms with van der Waals surface area (Å²) in [5.41, 5.74) is 3.42. The second-order valence-corrected chi connectivity index (χ2v) is 7.68. The summed E-state index contributed by atoms with van der Waals surface area (Å²) in [6, 6.07) is 6.00. The van der Waals surface area contributed by atoms with Crippen LogP contribution in [0.5, 0.6) is 5.75 Å². The van der Waals surface area contributed by atoms with E-state index in [1.165, 1.54) is 23.1 Å². The summed E-state index contributed by atoms with van der Waals surface area (Å²) in [7, 11) is 0. The lowest BCUT2D eigenvalue weighted by atomic mass is 10.0. The SMILES string of the molecule is CSc1nc(C(=O)NC[C@@H]2Cc3cc(-c4cnccn4)ccc3O2)cs1. The van der Waals surface area contributed by atoms with Gasteiger partial charge in [0.2, 0.25) is 0 Å². The third-order valence-corrected chi connectivity index (χ3v) is 5.90. The van der Waals surface area contributed by atoms with Gasteiger partial charge in [-0.25, -0.2) is 4.98 Å². The summed E-state index contributed by atoms with van der Waals surface area (Å²) >= 11 is 3.01. The molecule has 0 fully saturated rings. The lowest BCUT2D eigenvalue weighted by Gasteiger charge is -2.11. The molecule has 0 bridgehead atoms. The molecule has 132 valence electrons. The van der Waals surface area contributed by atoms with Crippen LogP contribution < -0.4 is 10.1 Å². The monoisotopic (exact) mass is 384 g/mol. The second-order valence-electron chi connectivity index (χ2n) is 5.77. The molecule has 8 heteroatoms. The molecule has 1 aliphatic rings. The van der Waals surface area contributed by atoms with Crippen molar-refractivity contribution >= 4 is 29.0 Å². The molecular weight excluding hydrogens is 368 g/mol. The first kappa shape index (κ1) is 17.0. The fourth-order valence-corrected chi connectivity index (χ4v) is 4.04. The zero-order chi connectivity index (χ0) is 17.9. The molecule has 1 N–H and O–H groups in total. The molecule has 0 unspecified atom stereocenters. The number of fused-ring (bicyclic) bond motifs is 1. The summed E-state index contributed by atoms with van der Waals surface area (Å²) in [6.07, 6.45) is 7.69. The average Bonchev–Trinajstić information content (AvgIpc) is 3.32. The Morgan fingerprint density at radius 3 is 3.12 bits per heavy atom.